The Kier molecular flexibility index (Phi) is 4.29. The number of nitrogens with zero attached hydrogens (tertiary/aromatic N) is 1. The lowest BCUT2D eigenvalue weighted by molar-refractivity contribution is -0.528. The third-order valence-electron chi connectivity index (χ3n) is 4.31. The number of benzene rings is 1. The molecule has 1 aliphatic carbocycles. The molecular formula is C16H17NO6. The maximum atomic E-state index is 11.5. The number of carbonyl (C=O) groups is 1. The molecule has 1 aromatic rings. The summed E-state index contributed by atoms with van der Waals surface area (Å²) in [4.78, 5) is 22.3. The largest absolute Gasteiger partial charge is 0.454 e. The summed E-state index contributed by atoms with van der Waals surface area (Å²) < 4.78 is 15.9. The van der Waals surface area contributed by atoms with Gasteiger partial charge in [0.1, 0.15) is 6.29 Å². The highest BCUT2D eigenvalue weighted by atomic mass is 16.7. The molecule has 7 heteroatoms. The number of rotatable bonds is 5. The SMILES string of the molecule is COC[C@H]1C=C(C=O)C[C@H]([N+](=O)[O-])[C@@H]1c1ccc2c(c1)OCO2. The van der Waals surface area contributed by atoms with Crippen LogP contribution in [0.5, 0.6) is 11.5 Å². The first kappa shape index (κ1) is 15.5. The Hall–Kier alpha value is -2.41. The Morgan fingerprint density at radius 2 is 2.17 bits per heavy atom. The lowest BCUT2D eigenvalue weighted by atomic mass is 9.74. The predicted molar refractivity (Wildman–Crippen MR) is 80.2 cm³/mol. The number of ether oxygens (including phenoxy) is 3. The van der Waals surface area contributed by atoms with Crippen LogP contribution in [0, 0.1) is 16.0 Å². The van der Waals surface area contributed by atoms with Gasteiger partial charge in [0.15, 0.2) is 11.5 Å². The summed E-state index contributed by atoms with van der Waals surface area (Å²) in [6.07, 6.45) is 2.59. The van der Waals surface area contributed by atoms with Crippen molar-refractivity contribution in [3.05, 3.63) is 45.5 Å². The van der Waals surface area contributed by atoms with E-state index >= 15 is 0 Å². The van der Waals surface area contributed by atoms with E-state index in [4.69, 9.17) is 14.2 Å². The minimum atomic E-state index is -0.874. The third kappa shape index (κ3) is 2.92. The highest BCUT2D eigenvalue weighted by molar-refractivity contribution is 5.74. The summed E-state index contributed by atoms with van der Waals surface area (Å²) in [5, 5.41) is 11.5. The van der Waals surface area contributed by atoms with E-state index in [1.165, 1.54) is 0 Å². The van der Waals surface area contributed by atoms with Gasteiger partial charge in [-0.15, -0.1) is 0 Å². The molecule has 1 aliphatic heterocycles. The van der Waals surface area contributed by atoms with Crippen LogP contribution in [-0.2, 0) is 9.53 Å². The molecule has 7 nitrogen and oxygen atoms in total. The second kappa shape index (κ2) is 6.37. The molecule has 0 unspecified atom stereocenters. The quantitative estimate of drug-likeness (QED) is 0.468. The molecule has 3 rings (SSSR count). The summed E-state index contributed by atoms with van der Waals surface area (Å²) in [6.45, 7) is 0.458. The van der Waals surface area contributed by atoms with Crippen molar-refractivity contribution in [1.29, 1.82) is 0 Å². The zero-order chi connectivity index (χ0) is 16.4. The lowest BCUT2D eigenvalue weighted by Crippen LogP contribution is -2.37. The summed E-state index contributed by atoms with van der Waals surface area (Å²) in [7, 11) is 1.54. The maximum Gasteiger partial charge on any atom is 0.231 e. The molecule has 23 heavy (non-hydrogen) atoms. The van der Waals surface area contributed by atoms with Crippen LogP contribution in [-0.4, -0.2) is 37.8 Å². The smallest absolute Gasteiger partial charge is 0.231 e. The number of carbonyl (C=O) groups excluding carboxylic acids is 1. The second-order valence-corrected chi connectivity index (χ2v) is 5.67. The van der Waals surface area contributed by atoms with Crippen molar-refractivity contribution in [1.82, 2.24) is 0 Å². The Balaban J connectivity index is 2.02. The number of hydrogen-bond donors (Lipinski definition) is 0. The average molecular weight is 319 g/mol. The molecule has 1 heterocycles. The number of fused-ring (bicyclic) bond motifs is 1. The number of hydrogen-bond acceptors (Lipinski definition) is 6. The van der Waals surface area contributed by atoms with Gasteiger partial charge in [-0.1, -0.05) is 12.1 Å². The van der Waals surface area contributed by atoms with Crippen molar-refractivity contribution in [2.45, 2.75) is 18.4 Å². The Labute approximate surface area is 133 Å². The molecule has 1 aromatic carbocycles. The van der Waals surface area contributed by atoms with Crippen molar-refractivity contribution in [3.63, 3.8) is 0 Å². The fourth-order valence-corrected chi connectivity index (χ4v) is 3.33. The van der Waals surface area contributed by atoms with E-state index in [0.29, 0.717) is 30.0 Å². The van der Waals surface area contributed by atoms with Gasteiger partial charge in [0.05, 0.1) is 12.5 Å². The number of methoxy groups -OCH3 is 1. The molecule has 0 aromatic heterocycles. The predicted octanol–water partition coefficient (Wildman–Crippen LogP) is 1.94. The molecular weight excluding hydrogens is 302 g/mol. The third-order valence-corrected chi connectivity index (χ3v) is 4.31. The Morgan fingerprint density at radius 1 is 1.39 bits per heavy atom. The second-order valence-electron chi connectivity index (χ2n) is 5.67. The monoisotopic (exact) mass is 319 g/mol. The van der Waals surface area contributed by atoms with E-state index in [1.807, 2.05) is 6.07 Å². The minimum absolute atomic E-state index is 0.121. The zero-order valence-electron chi connectivity index (χ0n) is 12.6. The van der Waals surface area contributed by atoms with E-state index in [2.05, 4.69) is 0 Å². The molecule has 0 saturated carbocycles. The summed E-state index contributed by atoms with van der Waals surface area (Å²) in [6, 6.07) is 4.49. The van der Waals surface area contributed by atoms with Crippen LogP contribution in [0.1, 0.15) is 17.9 Å². The number of aldehydes is 1. The molecule has 0 saturated heterocycles. The number of nitro groups is 1. The molecule has 0 fully saturated rings. The first-order valence-electron chi connectivity index (χ1n) is 7.32. The fraction of sp³-hybridized carbons (Fsp3) is 0.438. The van der Waals surface area contributed by atoms with Crippen molar-refractivity contribution in [2.75, 3.05) is 20.5 Å². The first-order valence-corrected chi connectivity index (χ1v) is 7.32. The van der Waals surface area contributed by atoms with Crippen molar-refractivity contribution in [2.24, 2.45) is 5.92 Å². The topological polar surface area (TPSA) is 87.9 Å². The molecule has 0 radical (unpaired) electrons. The van der Waals surface area contributed by atoms with Gasteiger partial charge in [0.25, 0.3) is 0 Å². The van der Waals surface area contributed by atoms with Gasteiger partial charge in [-0.05, 0) is 23.3 Å². The normalized spacial score (nSPS) is 25.8. The molecule has 3 atom stereocenters. The summed E-state index contributed by atoms with van der Waals surface area (Å²) in [5.41, 5.74) is 1.24. The van der Waals surface area contributed by atoms with E-state index in [1.54, 1.807) is 25.3 Å². The van der Waals surface area contributed by atoms with Crippen molar-refractivity contribution >= 4 is 6.29 Å². The molecule has 0 amide bonds. The van der Waals surface area contributed by atoms with Gasteiger partial charge in [0.2, 0.25) is 12.8 Å². The van der Waals surface area contributed by atoms with Crippen LogP contribution in [0.15, 0.2) is 29.8 Å². The van der Waals surface area contributed by atoms with Crippen molar-refractivity contribution in [3.8, 4) is 11.5 Å². The Bertz CT molecular complexity index is 656. The summed E-state index contributed by atoms with van der Waals surface area (Å²) in [5.74, 6) is 0.591. The molecule has 2 aliphatic rings. The van der Waals surface area contributed by atoms with Crippen LogP contribution in [0.3, 0.4) is 0 Å². The van der Waals surface area contributed by atoms with E-state index < -0.39 is 6.04 Å². The highest BCUT2D eigenvalue weighted by Gasteiger charge is 2.42. The first-order chi connectivity index (χ1) is 11.1. The lowest BCUT2D eigenvalue weighted by Gasteiger charge is -2.31. The fourth-order valence-electron chi connectivity index (χ4n) is 3.33. The van der Waals surface area contributed by atoms with E-state index in [0.717, 1.165) is 5.56 Å². The summed E-state index contributed by atoms with van der Waals surface area (Å²) >= 11 is 0. The van der Waals surface area contributed by atoms with Crippen LogP contribution in [0.4, 0.5) is 0 Å². The van der Waals surface area contributed by atoms with Crippen molar-refractivity contribution < 1.29 is 23.9 Å². The zero-order valence-corrected chi connectivity index (χ0v) is 12.6. The van der Waals surface area contributed by atoms with Crippen LogP contribution < -0.4 is 9.47 Å². The molecule has 0 spiro atoms. The van der Waals surface area contributed by atoms with E-state index in [-0.39, 0.29) is 30.0 Å². The molecule has 0 N–H and O–H groups in total. The van der Waals surface area contributed by atoms with Gasteiger partial charge >= 0.3 is 0 Å². The van der Waals surface area contributed by atoms with Crippen LogP contribution in [0.2, 0.25) is 0 Å². The van der Waals surface area contributed by atoms with Crippen LogP contribution in [0.25, 0.3) is 0 Å². The maximum absolute atomic E-state index is 11.5. The van der Waals surface area contributed by atoms with Gasteiger partial charge in [-0.2, -0.15) is 0 Å². The van der Waals surface area contributed by atoms with Gasteiger partial charge in [-0.3, -0.25) is 14.9 Å². The van der Waals surface area contributed by atoms with E-state index in [9.17, 15) is 14.9 Å². The molecule has 0 bridgehead atoms. The minimum Gasteiger partial charge on any atom is -0.454 e. The van der Waals surface area contributed by atoms with Gasteiger partial charge < -0.3 is 14.2 Å². The van der Waals surface area contributed by atoms with Gasteiger partial charge in [0, 0.05) is 24.4 Å². The average Bonchev–Trinajstić information content (AvgIpc) is 3.01. The standard InChI is InChI=1S/C16H17NO6/c1-21-8-12-4-10(7-18)5-13(17(19)20)16(12)11-2-3-14-15(6-11)23-9-22-14/h2-4,6-7,12-13,16H,5,8-9H2,1H3/t12-,13+,16-/m1/s1. The van der Waals surface area contributed by atoms with Crippen LogP contribution >= 0.6 is 0 Å². The Morgan fingerprint density at radius 3 is 2.87 bits per heavy atom. The highest BCUT2D eigenvalue weighted by Crippen LogP contribution is 2.42. The van der Waals surface area contributed by atoms with Gasteiger partial charge in [-0.25, -0.2) is 0 Å². The molecule has 122 valence electrons.